The number of hydrogen-bond donors (Lipinski definition) is 1. The molecule has 160 valence electrons. The van der Waals surface area contributed by atoms with Crippen LogP contribution in [-0.4, -0.2) is 68.6 Å². The summed E-state index contributed by atoms with van der Waals surface area (Å²) in [6.07, 6.45) is 0.283. The molecule has 7 heteroatoms. The van der Waals surface area contributed by atoms with Crippen molar-refractivity contribution in [2.75, 3.05) is 46.9 Å². The fourth-order valence-electron chi connectivity index (χ4n) is 3.53. The van der Waals surface area contributed by atoms with Crippen LogP contribution in [-0.2, 0) is 11.3 Å². The molecule has 1 heterocycles. The summed E-state index contributed by atoms with van der Waals surface area (Å²) in [5, 5.41) is 3.25. The van der Waals surface area contributed by atoms with Gasteiger partial charge in [0.1, 0.15) is 11.5 Å². The van der Waals surface area contributed by atoms with E-state index in [0.717, 1.165) is 24.4 Å². The third-order valence-electron chi connectivity index (χ3n) is 5.22. The summed E-state index contributed by atoms with van der Waals surface area (Å²) in [6, 6.07) is 14.7. The zero-order valence-corrected chi connectivity index (χ0v) is 17.6. The first-order valence-corrected chi connectivity index (χ1v) is 10.2. The number of piperazine rings is 1. The number of rotatable bonds is 8. The van der Waals surface area contributed by atoms with Crippen LogP contribution in [0.1, 0.15) is 22.3 Å². The number of carbonyl (C=O) groups is 2. The monoisotopic (exact) mass is 411 g/mol. The third kappa shape index (κ3) is 5.51. The molecule has 1 aliphatic rings. The van der Waals surface area contributed by atoms with E-state index < -0.39 is 0 Å². The highest BCUT2D eigenvalue weighted by molar-refractivity contribution is 5.95. The molecule has 2 aromatic carbocycles. The van der Waals surface area contributed by atoms with Gasteiger partial charge < -0.3 is 24.6 Å². The van der Waals surface area contributed by atoms with Crippen molar-refractivity contribution in [2.24, 2.45) is 0 Å². The minimum absolute atomic E-state index is 0.0694. The second-order valence-corrected chi connectivity index (χ2v) is 7.15. The van der Waals surface area contributed by atoms with Crippen LogP contribution in [0.3, 0.4) is 0 Å². The van der Waals surface area contributed by atoms with Gasteiger partial charge in [-0.15, -0.1) is 0 Å². The molecule has 0 aromatic heterocycles. The lowest BCUT2D eigenvalue weighted by Gasteiger charge is -2.29. The van der Waals surface area contributed by atoms with Crippen LogP contribution in [0.5, 0.6) is 11.5 Å². The first-order chi connectivity index (χ1) is 14.6. The van der Waals surface area contributed by atoms with Gasteiger partial charge in [-0.05, 0) is 24.3 Å². The van der Waals surface area contributed by atoms with E-state index in [2.05, 4.69) is 5.32 Å². The summed E-state index contributed by atoms with van der Waals surface area (Å²) in [7, 11) is 3.18. The number of nitrogens with one attached hydrogen (secondary N) is 1. The number of carbonyl (C=O) groups excluding carboxylic acids is 2. The van der Waals surface area contributed by atoms with Crippen molar-refractivity contribution in [1.82, 2.24) is 15.1 Å². The van der Waals surface area contributed by atoms with E-state index in [9.17, 15) is 9.59 Å². The minimum atomic E-state index is -0.145. The molecule has 0 atom stereocenters. The van der Waals surface area contributed by atoms with Crippen LogP contribution in [0.4, 0.5) is 0 Å². The third-order valence-corrected chi connectivity index (χ3v) is 5.22. The normalized spacial score (nSPS) is 13.6. The molecule has 1 aliphatic heterocycles. The van der Waals surface area contributed by atoms with E-state index in [4.69, 9.17) is 9.47 Å². The van der Waals surface area contributed by atoms with Crippen LogP contribution in [0, 0.1) is 0 Å². The van der Waals surface area contributed by atoms with Crippen molar-refractivity contribution >= 4 is 11.8 Å². The summed E-state index contributed by atoms with van der Waals surface area (Å²) in [5.74, 6) is 1.26. The van der Waals surface area contributed by atoms with Gasteiger partial charge in [-0.3, -0.25) is 9.59 Å². The Morgan fingerprint density at radius 3 is 2.53 bits per heavy atom. The molecule has 0 saturated carbocycles. The van der Waals surface area contributed by atoms with Gasteiger partial charge in [-0.2, -0.15) is 0 Å². The zero-order valence-electron chi connectivity index (χ0n) is 17.6. The summed E-state index contributed by atoms with van der Waals surface area (Å²) in [4.78, 5) is 29.5. The molecule has 0 bridgehead atoms. The smallest absolute Gasteiger partial charge is 0.254 e. The second-order valence-electron chi connectivity index (χ2n) is 7.15. The highest BCUT2D eigenvalue weighted by atomic mass is 16.5. The number of para-hydroxylation sites is 1. The molecule has 2 amide bonds. The van der Waals surface area contributed by atoms with Gasteiger partial charge in [0, 0.05) is 56.8 Å². The van der Waals surface area contributed by atoms with Crippen molar-refractivity contribution in [1.29, 1.82) is 0 Å². The maximum atomic E-state index is 13.3. The van der Waals surface area contributed by atoms with Gasteiger partial charge in [0.15, 0.2) is 0 Å². The number of benzene rings is 2. The molecule has 1 fully saturated rings. The van der Waals surface area contributed by atoms with Crippen molar-refractivity contribution in [2.45, 2.75) is 13.0 Å². The molecular weight excluding hydrogens is 382 g/mol. The van der Waals surface area contributed by atoms with Gasteiger partial charge in [0.25, 0.3) is 5.91 Å². The lowest BCUT2D eigenvalue weighted by Crippen LogP contribution is -2.47. The molecule has 0 spiro atoms. The van der Waals surface area contributed by atoms with E-state index in [1.165, 1.54) is 0 Å². The fourth-order valence-corrected chi connectivity index (χ4v) is 3.53. The van der Waals surface area contributed by atoms with E-state index in [1.54, 1.807) is 43.4 Å². The van der Waals surface area contributed by atoms with Crippen LogP contribution in [0.25, 0.3) is 0 Å². The Bertz CT molecular complexity index is 865. The molecule has 7 nitrogen and oxygen atoms in total. The number of amides is 2. The van der Waals surface area contributed by atoms with Crippen LogP contribution in [0.2, 0.25) is 0 Å². The first-order valence-electron chi connectivity index (χ1n) is 10.2. The van der Waals surface area contributed by atoms with Crippen LogP contribution < -0.4 is 14.8 Å². The van der Waals surface area contributed by atoms with Gasteiger partial charge in [-0.1, -0.05) is 24.3 Å². The lowest BCUT2D eigenvalue weighted by molar-refractivity contribution is -0.132. The van der Waals surface area contributed by atoms with E-state index in [-0.39, 0.29) is 18.2 Å². The molecule has 1 N–H and O–H groups in total. The molecule has 0 aliphatic carbocycles. The largest absolute Gasteiger partial charge is 0.497 e. The van der Waals surface area contributed by atoms with Gasteiger partial charge >= 0.3 is 0 Å². The maximum Gasteiger partial charge on any atom is 0.254 e. The Morgan fingerprint density at radius 2 is 1.80 bits per heavy atom. The minimum Gasteiger partial charge on any atom is -0.497 e. The SMILES string of the molecule is COc1cccc(C(=O)N(CCC(=O)N2CCNCC2)Cc2ccccc2OC)c1. The summed E-state index contributed by atoms with van der Waals surface area (Å²) in [5.41, 5.74) is 1.42. The summed E-state index contributed by atoms with van der Waals surface area (Å²) < 4.78 is 10.7. The average Bonchev–Trinajstić information content (AvgIpc) is 2.81. The first kappa shape index (κ1) is 21.6. The van der Waals surface area contributed by atoms with E-state index in [1.807, 2.05) is 29.2 Å². The topological polar surface area (TPSA) is 71.1 Å². The maximum absolute atomic E-state index is 13.3. The molecule has 1 saturated heterocycles. The predicted octanol–water partition coefficient (Wildman–Crippen LogP) is 2.17. The Labute approximate surface area is 177 Å². The number of ether oxygens (including phenoxy) is 2. The van der Waals surface area contributed by atoms with E-state index in [0.29, 0.717) is 37.5 Å². The van der Waals surface area contributed by atoms with E-state index >= 15 is 0 Å². The predicted molar refractivity (Wildman–Crippen MR) is 115 cm³/mol. The van der Waals surface area contributed by atoms with Gasteiger partial charge in [-0.25, -0.2) is 0 Å². The Balaban J connectivity index is 1.78. The number of methoxy groups -OCH3 is 2. The quantitative estimate of drug-likeness (QED) is 0.721. The van der Waals surface area contributed by atoms with Crippen LogP contribution >= 0.6 is 0 Å². The Kier molecular flexibility index (Phi) is 7.68. The number of hydrogen-bond acceptors (Lipinski definition) is 5. The molecular formula is C23H29N3O4. The molecule has 3 rings (SSSR count). The molecule has 30 heavy (non-hydrogen) atoms. The molecule has 0 unspecified atom stereocenters. The average molecular weight is 412 g/mol. The lowest BCUT2D eigenvalue weighted by atomic mass is 10.1. The standard InChI is InChI=1S/C23H29N3O4/c1-29-20-8-5-7-18(16-20)23(28)26(17-19-6-3-4-9-21(19)30-2)13-10-22(27)25-14-11-24-12-15-25/h3-9,16,24H,10-15,17H2,1-2H3. The number of nitrogens with zero attached hydrogens (tertiary/aromatic N) is 2. The Hall–Kier alpha value is -3.06. The molecule has 2 aromatic rings. The van der Waals surface area contributed by atoms with Crippen molar-refractivity contribution in [3.63, 3.8) is 0 Å². The fraction of sp³-hybridized carbons (Fsp3) is 0.391. The van der Waals surface area contributed by atoms with Crippen molar-refractivity contribution in [3.05, 3.63) is 59.7 Å². The summed E-state index contributed by atoms with van der Waals surface area (Å²) >= 11 is 0. The van der Waals surface area contributed by atoms with Gasteiger partial charge in [0.05, 0.1) is 14.2 Å². The Morgan fingerprint density at radius 1 is 1.03 bits per heavy atom. The van der Waals surface area contributed by atoms with Crippen molar-refractivity contribution < 1.29 is 19.1 Å². The highest BCUT2D eigenvalue weighted by Crippen LogP contribution is 2.22. The summed E-state index contributed by atoms with van der Waals surface area (Å²) in [6.45, 7) is 3.70. The zero-order chi connectivity index (χ0) is 21.3. The van der Waals surface area contributed by atoms with Gasteiger partial charge in [0.2, 0.25) is 5.91 Å². The van der Waals surface area contributed by atoms with Crippen molar-refractivity contribution in [3.8, 4) is 11.5 Å². The van der Waals surface area contributed by atoms with Crippen LogP contribution in [0.15, 0.2) is 48.5 Å². The highest BCUT2D eigenvalue weighted by Gasteiger charge is 2.22. The molecule has 0 radical (unpaired) electrons. The second kappa shape index (κ2) is 10.6.